The van der Waals surface area contributed by atoms with Gasteiger partial charge in [0, 0.05) is 0 Å². The molecule has 1 rings (SSSR count). The van der Waals surface area contributed by atoms with Gasteiger partial charge in [-0.1, -0.05) is 23.2 Å². The predicted octanol–water partition coefficient (Wildman–Crippen LogP) is 0.782. The Morgan fingerprint density at radius 2 is 2.00 bits per heavy atom. The van der Waals surface area contributed by atoms with Crippen molar-refractivity contribution in [3.05, 3.63) is 20.4 Å². The number of nitrogens with one attached hydrogen (secondary N) is 1. The molecule has 10 heavy (non-hydrogen) atoms. The van der Waals surface area contributed by atoms with Crippen LogP contribution in [0.5, 0.6) is 5.88 Å². The van der Waals surface area contributed by atoms with Crippen LogP contribution in [0.4, 0.5) is 0 Å². The second-order valence-corrected chi connectivity index (χ2v) is 2.26. The van der Waals surface area contributed by atoms with Crippen molar-refractivity contribution in [3.8, 4) is 5.88 Å². The first kappa shape index (κ1) is 7.37. The molecule has 0 aliphatic carbocycles. The maximum Gasteiger partial charge on any atom is 0.284 e. The Labute approximate surface area is 65.4 Å². The summed E-state index contributed by atoms with van der Waals surface area (Å²) in [5.41, 5.74) is -0.621. The minimum Gasteiger partial charge on any atom is -0.491 e. The highest BCUT2D eigenvalue weighted by Crippen LogP contribution is 2.23. The van der Waals surface area contributed by atoms with Crippen LogP contribution in [0.25, 0.3) is 0 Å². The van der Waals surface area contributed by atoms with Gasteiger partial charge < -0.3 is 5.11 Å². The van der Waals surface area contributed by atoms with Crippen molar-refractivity contribution in [2.24, 2.45) is 0 Å². The second-order valence-electron chi connectivity index (χ2n) is 1.50. The van der Waals surface area contributed by atoms with Gasteiger partial charge in [0.1, 0.15) is 10.0 Å². The zero-order chi connectivity index (χ0) is 7.72. The van der Waals surface area contributed by atoms with E-state index in [1.807, 2.05) is 5.10 Å². The van der Waals surface area contributed by atoms with Gasteiger partial charge >= 0.3 is 0 Å². The van der Waals surface area contributed by atoms with Crippen LogP contribution in [0.15, 0.2) is 4.79 Å². The molecule has 1 heterocycles. The molecule has 0 aliphatic heterocycles. The Balaban J connectivity index is 3.49. The molecule has 54 valence electrons. The molecular weight excluding hydrogens is 179 g/mol. The Kier molecular flexibility index (Phi) is 1.82. The number of rotatable bonds is 0. The van der Waals surface area contributed by atoms with E-state index in [-0.39, 0.29) is 10.0 Å². The topological polar surface area (TPSA) is 66.0 Å². The number of nitrogens with zero attached hydrogens (tertiary/aromatic N) is 1. The lowest BCUT2D eigenvalue weighted by Crippen LogP contribution is -2.07. The van der Waals surface area contributed by atoms with Gasteiger partial charge in [-0.2, -0.15) is 0 Å². The highest BCUT2D eigenvalue weighted by Gasteiger charge is 2.07. The van der Waals surface area contributed by atoms with Crippen LogP contribution in [-0.4, -0.2) is 15.3 Å². The minimum absolute atomic E-state index is 0.231. The summed E-state index contributed by atoms with van der Waals surface area (Å²) in [6.45, 7) is 0. The van der Waals surface area contributed by atoms with E-state index < -0.39 is 11.4 Å². The van der Waals surface area contributed by atoms with Crippen LogP contribution in [0.3, 0.4) is 0 Å². The quantitative estimate of drug-likeness (QED) is 0.621. The van der Waals surface area contributed by atoms with Crippen LogP contribution in [-0.2, 0) is 0 Å². The lowest BCUT2D eigenvalue weighted by molar-refractivity contribution is 0.444. The fourth-order valence-corrected chi connectivity index (χ4v) is 0.655. The smallest absolute Gasteiger partial charge is 0.284 e. The lowest BCUT2D eigenvalue weighted by Gasteiger charge is -1.93. The third kappa shape index (κ3) is 1.08. The standard InChI is InChI=1S/C4H2Cl2N2O2/c5-1-2(6)4(10)8-7-3(1)9/h(H,7,9)(H,8,10). The van der Waals surface area contributed by atoms with Gasteiger partial charge in [-0.25, -0.2) is 5.10 Å². The summed E-state index contributed by atoms with van der Waals surface area (Å²) >= 11 is 10.6. The molecule has 0 fully saturated rings. The minimum atomic E-state index is -0.621. The van der Waals surface area contributed by atoms with Crippen molar-refractivity contribution in [2.75, 3.05) is 0 Å². The third-order valence-corrected chi connectivity index (χ3v) is 1.67. The van der Waals surface area contributed by atoms with Crippen molar-refractivity contribution < 1.29 is 5.11 Å². The zero-order valence-corrected chi connectivity index (χ0v) is 6.07. The summed E-state index contributed by atoms with van der Waals surface area (Å²) < 4.78 is 0. The van der Waals surface area contributed by atoms with Gasteiger partial charge in [0.15, 0.2) is 0 Å². The Morgan fingerprint density at radius 3 is 2.50 bits per heavy atom. The Morgan fingerprint density at radius 1 is 1.40 bits per heavy atom. The third-order valence-electron chi connectivity index (χ3n) is 0.852. The van der Waals surface area contributed by atoms with E-state index in [1.54, 1.807) is 0 Å². The van der Waals surface area contributed by atoms with Crippen molar-refractivity contribution in [1.82, 2.24) is 10.2 Å². The fourth-order valence-electron chi connectivity index (χ4n) is 0.400. The normalized spacial score (nSPS) is 9.80. The molecular formula is C4H2Cl2N2O2. The van der Waals surface area contributed by atoms with Gasteiger partial charge in [-0.15, -0.1) is 5.10 Å². The van der Waals surface area contributed by atoms with Crippen LogP contribution in [0, 0.1) is 0 Å². The summed E-state index contributed by atoms with van der Waals surface area (Å²) in [6, 6.07) is 0. The highest BCUT2D eigenvalue weighted by atomic mass is 35.5. The van der Waals surface area contributed by atoms with Gasteiger partial charge in [0.25, 0.3) is 5.56 Å². The van der Waals surface area contributed by atoms with E-state index in [0.29, 0.717) is 0 Å². The number of hydrogen-bond donors (Lipinski definition) is 2. The Bertz CT molecular complexity index is 309. The molecule has 1 aromatic heterocycles. The van der Waals surface area contributed by atoms with Crippen LogP contribution < -0.4 is 5.56 Å². The van der Waals surface area contributed by atoms with Crippen molar-refractivity contribution in [3.63, 3.8) is 0 Å². The molecule has 6 heteroatoms. The maximum absolute atomic E-state index is 10.5. The molecule has 1 aromatic rings. The summed E-state index contributed by atoms with van der Waals surface area (Å²) in [5, 5.41) is 13.3. The average molecular weight is 181 g/mol. The molecule has 2 N–H and O–H groups in total. The molecule has 0 aromatic carbocycles. The number of aromatic hydroxyl groups is 1. The predicted molar refractivity (Wildman–Crippen MR) is 36.5 cm³/mol. The second kappa shape index (κ2) is 2.48. The van der Waals surface area contributed by atoms with E-state index >= 15 is 0 Å². The van der Waals surface area contributed by atoms with E-state index in [2.05, 4.69) is 5.10 Å². The molecule has 0 bridgehead atoms. The van der Waals surface area contributed by atoms with Crippen LogP contribution in [0.2, 0.25) is 10.0 Å². The van der Waals surface area contributed by atoms with Crippen molar-refractivity contribution >= 4 is 23.2 Å². The molecule has 0 unspecified atom stereocenters. The van der Waals surface area contributed by atoms with Crippen LogP contribution >= 0.6 is 23.2 Å². The maximum atomic E-state index is 10.5. The summed E-state index contributed by atoms with van der Waals surface area (Å²) in [6.07, 6.45) is 0. The zero-order valence-electron chi connectivity index (χ0n) is 4.56. The highest BCUT2D eigenvalue weighted by molar-refractivity contribution is 6.42. The average Bonchev–Trinajstić information content (AvgIpc) is 1.93. The van der Waals surface area contributed by atoms with Gasteiger partial charge in [0.05, 0.1) is 0 Å². The lowest BCUT2D eigenvalue weighted by atomic mass is 10.5. The van der Waals surface area contributed by atoms with Gasteiger partial charge in [0.2, 0.25) is 5.88 Å². The van der Waals surface area contributed by atoms with Gasteiger partial charge in [-0.05, 0) is 0 Å². The van der Waals surface area contributed by atoms with E-state index in [0.717, 1.165) is 0 Å². The Hall–Kier alpha value is -0.740. The summed E-state index contributed by atoms with van der Waals surface area (Å²) in [7, 11) is 0. The molecule has 4 nitrogen and oxygen atoms in total. The van der Waals surface area contributed by atoms with Crippen molar-refractivity contribution in [1.29, 1.82) is 0 Å². The van der Waals surface area contributed by atoms with Crippen molar-refractivity contribution in [2.45, 2.75) is 0 Å². The monoisotopic (exact) mass is 180 g/mol. The van der Waals surface area contributed by atoms with E-state index in [9.17, 15) is 4.79 Å². The molecule has 0 saturated heterocycles. The molecule has 0 spiro atoms. The fraction of sp³-hybridized carbons (Fsp3) is 0. The van der Waals surface area contributed by atoms with E-state index in [1.165, 1.54) is 0 Å². The first-order valence-corrected chi connectivity index (χ1v) is 3.01. The first-order chi connectivity index (χ1) is 4.63. The van der Waals surface area contributed by atoms with Crippen LogP contribution in [0.1, 0.15) is 0 Å². The number of aromatic nitrogens is 2. The first-order valence-electron chi connectivity index (χ1n) is 2.25. The number of H-pyrrole nitrogens is 1. The molecule has 0 amide bonds. The molecule has 0 atom stereocenters. The molecule has 0 aliphatic rings. The molecule has 0 saturated carbocycles. The number of halogens is 2. The summed E-state index contributed by atoms with van der Waals surface area (Å²) in [4.78, 5) is 10.5. The molecule has 0 radical (unpaired) electrons. The van der Waals surface area contributed by atoms with Gasteiger partial charge in [-0.3, -0.25) is 4.79 Å². The van der Waals surface area contributed by atoms with E-state index in [4.69, 9.17) is 28.3 Å². The largest absolute Gasteiger partial charge is 0.491 e. The number of hydrogen-bond acceptors (Lipinski definition) is 3. The SMILES string of the molecule is O=c1[nH]nc(O)c(Cl)c1Cl. The summed E-state index contributed by atoms with van der Waals surface area (Å²) in [5.74, 6) is -0.480. The number of aromatic amines is 1.